The van der Waals surface area contributed by atoms with Crippen molar-refractivity contribution in [2.45, 2.75) is 33.4 Å². The molecule has 0 radical (unpaired) electrons. The van der Waals surface area contributed by atoms with Crippen LogP contribution in [0.5, 0.6) is 5.75 Å². The third-order valence-electron chi connectivity index (χ3n) is 4.57. The lowest BCUT2D eigenvalue weighted by atomic mass is 10.1. The topological polar surface area (TPSA) is 42.4 Å². The Morgan fingerprint density at radius 2 is 2.04 bits per heavy atom. The highest BCUT2D eigenvalue weighted by Crippen LogP contribution is 2.39. The summed E-state index contributed by atoms with van der Waals surface area (Å²) in [7, 11) is 0. The highest BCUT2D eigenvalue weighted by Gasteiger charge is 2.32. The number of aryl methyl sites for hydroxylation is 2. The van der Waals surface area contributed by atoms with Crippen LogP contribution >= 0.6 is 22.9 Å². The number of thiazole rings is 1. The van der Waals surface area contributed by atoms with Crippen LogP contribution < -0.4 is 9.64 Å². The third-order valence-corrected chi connectivity index (χ3v) is 5.70. The number of hydrogen-bond acceptors (Lipinski definition) is 4. The molecule has 0 spiro atoms. The van der Waals surface area contributed by atoms with Gasteiger partial charge in [0.25, 0.3) is 5.91 Å². The van der Waals surface area contributed by atoms with E-state index in [0.29, 0.717) is 17.3 Å². The third kappa shape index (κ3) is 3.45. The molecule has 0 aliphatic carbocycles. The van der Waals surface area contributed by atoms with E-state index in [1.165, 1.54) is 0 Å². The van der Waals surface area contributed by atoms with Crippen LogP contribution in [0.3, 0.4) is 0 Å². The van der Waals surface area contributed by atoms with Crippen molar-refractivity contribution in [2.75, 3.05) is 4.90 Å². The van der Waals surface area contributed by atoms with E-state index in [1.54, 1.807) is 23.2 Å². The summed E-state index contributed by atoms with van der Waals surface area (Å²) >= 11 is 7.79. The first-order valence-corrected chi connectivity index (χ1v) is 9.93. The van der Waals surface area contributed by atoms with Gasteiger partial charge in [-0.15, -0.1) is 11.3 Å². The van der Waals surface area contributed by atoms with Crippen molar-refractivity contribution in [3.8, 4) is 17.0 Å². The Labute approximate surface area is 167 Å². The molecule has 1 aromatic heterocycles. The lowest BCUT2D eigenvalue weighted by Crippen LogP contribution is -2.44. The van der Waals surface area contributed by atoms with Crippen LogP contribution in [-0.4, -0.2) is 17.0 Å². The zero-order chi connectivity index (χ0) is 19.1. The van der Waals surface area contributed by atoms with Crippen LogP contribution in [0.1, 0.15) is 22.4 Å². The lowest BCUT2D eigenvalue weighted by Gasteiger charge is -2.33. The first kappa shape index (κ1) is 18.0. The first-order chi connectivity index (χ1) is 12.9. The van der Waals surface area contributed by atoms with Gasteiger partial charge in [0.15, 0.2) is 6.10 Å². The molecule has 0 saturated heterocycles. The number of hydrogen-bond donors (Lipinski definition) is 0. The standard InChI is InChI=1S/C21H19ClN2O2S/c1-12-21(25)24(11-15-5-4-6-17(22)9-15)18-10-16(7-8-19(18)26-12)20-13(2)27-14(3)23-20/h4-10,12H,11H2,1-3H3. The predicted octanol–water partition coefficient (Wildman–Crippen LogP) is 5.39. The van der Waals surface area contributed by atoms with Gasteiger partial charge in [0, 0.05) is 15.5 Å². The highest BCUT2D eigenvalue weighted by atomic mass is 35.5. The van der Waals surface area contributed by atoms with E-state index in [9.17, 15) is 4.79 Å². The van der Waals surface area contributed by atoms with Crippen molar-refractivity contribution >= 4 is 34.5 Å². The van der Waals surface area contributed by atoms with Gasteiger partial charge in [-0.25, -0.2) is 4.98 Å². The van der Waals surface area contributed by atoms with Crippen LogP contribution in [0.4, 0.5) is 5.69 Å². The molecule has 4 nitrogen and oxygen atoms in total. The van der Waals surface area contributed by atoms with E-state index in [-0.39, 0.29) is 5.91 Å². The number of halogens is 1. The molecule has 1 unspecified atom stereocenters. The number of carbonyl (C=O) groups is 1. The monoisotopic (exact) mass is 398 g/mol. The molecule has 0 saturated carbocycles. The van der Waals surface area contributed by atoms with Gasteiger partial charge in [-0.05, 0) is 56.7 Å². The smallest absolute Gasteiger partial charge is 0.268 e. The number of fused-ring (bicyclic) bond motifs is 1. The molecule has 0 N–H and O–H groups in total. The number of anilines is 1. The summed E-state index contributed by atoms with van der Waals surface area (Å²) in [6, 6.07) is 13.5. The van der Waals surface area contributed by atoms with Gasteiger partial charge in [0.2, 0.25) is 0 Å². The maximum Gasteiger partial charge on any atom is 0.268 e. The van der Waals surface area contributed by atoms with Gasteiger partial charge in [0.1, 0.15) is 5.75 Å². The van der Waals surface area contributed by atoms with Crippen LogP contribution in [0, 0.1) is 13.8 Å². The lowest BCUT2D eigenvalue weighted by molar-refractivity contribution is -0.125. The molecule has 1 aliphatic rings. The van der Waals surface area contributed by atoms with Gasteiger partial charge < -0.3 is 9.64 Å². The molecule has 0 bridgehead atoms. The minimum Gasteiger partial charge on any atom is -0.479 e. The Balaban J connectivity index is 1.78. The summed E-state index contributed by atoms with van der Waals surface area (Å²) in [6.45, 7) is 6.28. The number of aromatic nitrogens is 1. The van der Waals surface area contributed by atoms with Gasteiger partial charge in [-0.3, -0.25) is 4.79 Å². The molecule has 2 aromatic carbocycles. The zero-order valence-electron chi connectivity index (χ0n) is 15.3. The van der Waals surface area contributed by atoms with Crippen molar-refractivity contribution < 1.29 is 9.53 Å². The summed E-state index contributed by atoms with van der Waals surface area (Å²) < 4.78 is 5.83. The Kier molecular flexibility index (Phi) is 4.66. The van der Waals surface area contributed by atoms with Crippen molar-refractivity contribution in [1.82, 2.24) is 4.98 Å². The fraction of sp³-hybridized carbons (Fsp3) is 0.238. The second-order valence-corrected chi connectivity index (χ2v) is 8.48. The van der Waals surface area contributed by atoms with Crippen molar-refractivity contribution in [3.63, 3.8) is 0 Å². The molecular formula is C21H19ClN2O2S. The van der Waals surface area contributed by atoms with Gasteiger partial charge in [-0.2, -0.15) is 0 Å². The van der Waals surface area contributed by atoms with Crippen molar-refractivity contribution in [2.24, 2.45) is 0 Å². The van der Waals surface area contributed by atoms with E-state index in [0.717, 1.165) is 32.4 Å². The summed E-state index contributed by atoms with van der Waals surface area (Å²) in [5, 5.41) is 1.68. The summed E-state index contributed by atoms with van der Waals surface area (Å²) in [5.74, 6) is 0.642. The summed E-state index contributed by atoms with van der Waals surface area (Å²) in [4.78, 5) is 20.4. The van der Waals surface area contributed by atoms with Crippen LogP contribution in [0.2, 0.25) is 5.02 Å². The highest BCUT2D eigenvalue weighted by molar-refractivity contribution is 7.11. The fourth-order valence-corrected chi connectivity index (χ4v) is 4.39. The van der Waals surface area contributed by atoms with Gasteiger partial charge in [-0.1, -0.05) is 23.7 Å². The molecule has 4 rings (SSSR count). The molecule has 1 atom stereocenters. The molecule has 3 aromatic rings. The predicted molar refractivity (Wildman–Crippen MR) is 110 cm³/mol. The largest absolute Gasteiger partial charge is 0.479 e. The second-order valence-electron chi connectivity index (χ2n) is 6.63. The van der Waals surface area contributed by atoms with Crippen LogP contribution in [0.15, 0.2) is 42.5 Å². The SMILES string of the molecule is Cc1nc(-c2ccc3c(c2)N(Cc2cccc(Cl)c2)C(=O)C(C)O3)c(C)s1. The Bertz CT molecular complexity index is 1030. The number of carbonyl (C=O) groups excluding carboxylic acids is 1. The molecule has 138 valence electrons. The minimum atomic E-state index is -0.522. The van der Waals surface area contributed by atoms with E-state index >= 15 is 0 Å². The minimum absolute atomic E-state index is 0.0641. The maximum absolute atomic E-state index is 12.9. The summed E-state index contributed by atoms with van der Waals surface area (Å²) in [6.07, 6.45) is -0.522. The molecule has 1 amide bonds. The van der Waals surface area contributed by atoms with Crippen LogP contribution in [-0.2, 0) is 11.3 Å². The number of nitrogens with zero attached hydrogens (tertiary/aromatic N) is 2. The molecular weight excluding hydrogens is 380 g/mol. The number of ether oxygens (including phenoxy) is 1. The summed E-state index contributed by atoms with van der Waals surface area (Å²) in [5.41, 5.74) is 3.68. The molecule has 2 heterocycles. The number of benzene rings is 2. The van der Waals surface area contributed by atoms with E-state index in [1.807, 2.05) is 49.4 Å². The van der Waals surface area contributed by atoms with Gasteiger partial charge >= 0.3 is 0 Å². The average molecular weight is 399 g/mol. The Hall–Kier alpha value is -2.37. The van der Waals surface area contributed by atoms with Crippen LogP contribution in [0.25, 0.3) is 11.3 Å². The molecule has 6 heteroatoms. The van der Waals surface area contributed by atoms with E-state index < -0.39 is 6.10 Å². The van der Waals surface area contributed by atoms with E-state index in [4.69, 9.17) is 16.3 Å². The first-order valence-electron chi connectivity index (χ1n) is 8.73. The molecule has 1 aliphatic heterocycles. The number of rotatable bonds is 3. The van der Waals surface area contributed by atoms with Crippen molar-refractivity contribution in [3.05, 3.63) is 62.9 Å². The fourth-order valence-electron chi connectivity index (χ4n) is 3.33. The number of amides is 1. The maximum atomic E-state index is 12.9. The van der Waals surface area contributed by atoms with E-state index in [2.05, 4.69) is 11.9 Å². The zero-order valence-corrected chi connectivity index (χ0v) is 16.9. The molecule has 27 heavy (non-hydrogen) atoms. The van der Waals surface area contributed by atoms with Gasteiger partial charge in [0.05, 0.1) is 22.9 Å². The Morgan fingerprint density at radius 3 is 2.74 bits per heavy atom. The second kappa shape index (κ2) is 6.98. The Morgan fingerprint density at radius 1 is 1.22 bits per heavy atom. The normalized spacial score (nSPS) is 16.2. The molecule has 0 fully saturated rings. The average Bonchev–Trinajstić information content (AvgIpc) is 2.97. The quantitative estimate of drug-likeness (QED) is 0.593. The van der Waals surface area contributed by atoms with Crippen molar-refractivity contribution in [1.29, 1.82) is 0 Å².